The van der Waals surface area contributed by atoms with Crippen molar-refractivity contribution in [3.8, 4) is 0 Å². The first kappa shape index (κ1) is 44.5. The number of halogens is 12. The number of hydrogen-bond acceptors (Lipinski definition) is 0. The summed E-state index contributed by atoms with van der Waals surface area (Å²) in [5.41, 5.74) is -3.71. The first-order valence-corrected chi connectivity index (χ1v) is 15.6. The van der Waals surface area contributed by atoms with E-state index in [2.05, 4.69) is 74.5 Å². The summed E-state index contributed by atoms with van der Waals surface area (Å²) in [6.07, 6.45) is 12.6. The maximum Gasteiger partial charge on any atom is 2.00 e. The van der Waals surface area contributed by atoms with E-state index in [9.17, 15) is 43.9 Å². The molecule has 0 atom stereocenters. The summed E-state index contributed by atoms with van der Waals surface area (Å²) in [5.74, 6) is -24.9. The van der Waals surface area contributed by atoms with Crippen LogP contribution in [0.25, 0.3) is 21.5 Å². The largest absolute Gasteiger partial charge is 2.00 e. The van der Waals surface area contributed by atoms with Gasteiger partial charge in [-0.05, 0) is 23.2 Å². The predicted molar refractivity (Wildman–Crippen MR) is 178 cm³/mol. The van der Waals surface area contributed by atoms with Crippen LogP contribution in [0.5, 0.6) is 0 Å². The zero-order valence-electron chi connectivity index (χ0n) is 25.6. The van der Waals surface area contributed by atoms with E-state index in [1.54, 1.807) is 5.30 Å². The van der Waals surface area contributed by atoms with E-state index in [1.807, 2.05) is 12.2 Å². The molecule has 1 radical (unpaired) electrons. The Labute approximate surface area is 310 Å². The van der Waals surface area contributed by atoms with Gasteiger partial charge in [0.15, 0.2) is 58.2 Å². The molecule has 1 aliphatic rings. The van der Waals surface area contributed by atoms with Crippen molar-refractivity contribution in [2.75, 3.05) is 12.3 Å². The summed E-state index contributed by atoms with van der Waals surface area (Å²) < 4.78 is 131. The molecule has 0 aromatic heterocycles. The molecule has 6 rings (SSSR count). The summed E-state index contributed by atoms with van der Waals surface area (Å²) in [6.45, 7) is 4.65. The SMILES string of the molecule is CCP(CC)[c-]1c2ccccc2c2ccccc21.Cl.Cl.Fc1c(F)c(F)c([B]c2c(F)c(F)c(F)c(F)c2F)c(F)c1F.[C-]1=CC=CC1.[Zr+2]. The van der Waals surface area contributed by atoms with E-state index >= 15 is 0 Å². The second-order valence-corrected chi connectivity index (χ2v) is 12.5. The molecule has 5 aromatic carbocycles. The Kier molecular flexibility index (Phi) is 18.0. The van der Waals surface area contributed by atoms with Crippen LogP contribution < -0.4 is 16.2 Å². The van der Waals surface area contributed by atoms with Crippen LogP contribution >= 0.6 is 32.7 Å². The standard InChI is InChI=1S/C17H18P.C12BF10.C5H5.2ClH.Zr/c1-3-18(4-2)17-15-11-7-5-9-13(15)14-10-6-8-12-16(14)17;14-3-1(4(15)8(19)11(22)7(3)18)13-2-5(16)9(20)12(23)10(21)6(2)17;1-2-4-5-3-1;;;/h5-12H,3-4H2,1-2H3;;1-3H,4H2;2*1H;/q-1;;-1;;;+2. The van der Waals surface area contributed by atoms with Gasteiger partial charge in [-0.2, -0.15) is 6.08 Å². The molecule has 0 saturated heterocycles. The molecule has 0 heterocycles. The second kappa shape index (κ2) is 19.8. The smallest absolute Gasteiger partial charge is 0.273 e. The van der Waals surface area contributed by atoms with Gasteiger partial charge in [-0.3, -0.25) is 6.08 Å². The van der Waals surface area contributed by atoms with Gasteiger partial charge in [0.25, 0.3) is 0 Å². The van der Waals surface area contributed by atoms with Crippen LogP contribution in [0.2, 0.25) is 0 Å². The fourth-order valence-corrected chi connectivity index (χ4v) is 7.01. The van der Waals surface area contributed by atoms with Gasteiger partial charge in [-0.15, -0.1) is 72.8 Å². The van der Waals surface area contributed by atoms with Gasteiger partial charge in [0.05, 0.1) is 0 Å². The number of allylic oxidation sites excluding steroid dienone is 4. The number of fused-ring (bicyclic) bond motifs is 3. The maximum atomic E-state index is 13.4. The molecule has 0 fully saturated rings. The molecule has 257 valence electrons. The van der Waals surface area contributed by atoms with Gasteiger partial charge < -0.3 is 0 Å². The molecule has 49 heavy (non-hydrogen) atoms. The molecular weight excluding hydrogens is 802 g/mol. The summed E-state index contributed by atoms with van der Waals surface area (Å²) in [7, 11) is -0.382. The van der Waals surface area contributed by atoms with E-state index in [4.69, 9.17) is 0 Å². The van der Waals surface area contributed by atoms with Crippen LogP contribution in [0.3, 0.4) is 0 Å². The van der Waals surface area contributed by atoms with E-state index in [0.29, 0.717) is 0 Å². The third-order valence-electron chi connectivity index (χ3n) is 7.10. The average molecular weight is 827 g/mol. The van der Waals surface area contributed by atoms with Crippen LogP contribution in [-0.4, -0.2) is 19.6 Å². The summed E-state index contributed by atoms with van der Waals surface area (Å²) >= 11 is 0. The monoisotopic (exact) mass is 825 g/mol. The van der Waals surface area contributed by atoms with Gasteiger partial charge in [0.1, 0.15) is 0 Å². The van der Waals surface area contributed by atoms with E-state index in [-0.39, 0.29) is 66.2 Å². The van der Waals surface area contributed by atoms with Gasteiger partial charge >= 0.3 is 26.2 Å². The van der Waals surface area contributed by atoms with E-state index < -0.39 is 69.1 Å². The third-order valence-corrected chi connectivity index (χ3v) is 9.74. The molecular formula is C34H25BCl2F10PZr. The van der Waals surface area contributed by atoms with E-state index in [0.717, 1.165) is 6.42 Å². The van der Waals surface area contributed by atoms with Crippen molar-refractivity contribution in [1.29, 1.82) is 0 Å². The minimum Gasteiger partial charge on any atom is -0.273 e. The Balaban J connectivity index is 0.000000412. The number of benzene rings is 4. The molecule has 15 heteroatoms. The zero-order valence-corrected chi connectivity index (χ0v) is 30.6. The molecule has 0 spiro atoms. The Bertz CT molecular complexity index is 1770. The van der Waals surface area contributed by atoms with Crippen LogP contribution in [-0.2, 0) is 26.2 Å². The number of rotatable bonds is 5. The first-order chi connectivity index (χ1) is 22.0. The zero-order chi connectivity index (χ0) is 33.7. The Hall–Kier alpha value is -2.51. The maximum absolute atomic E-state index is 13.4. The van der Waals surface area contributed by atoms with Gasteiger partial charge in [0.2, 0.25) is 7.28 Å². The number of hydrogen-bond donors (Lipinski definition) is 0. The predicted octanol–water partition coefficient (Wildman–Crippen LogP) is 9.74. The molecule has 1 aliphatic carbocycles. The Morgan fingerprint density at radius 3 is 1.22 bits per heavy atom. The minimum absolute atomic E-state index is 0. The molecule has 0 unspecified atom stereocenters. The Morgan fingerprint density at radius 1 is 0.592 bits per heavy atom. The van der Waals surface area contributed by atoms with Crippen molar-refractivity contribution in [1.82, 2.24) is 0 Å². The van der Waals surface area contributed by atoms with Gasteiger partial charge in [-0.1, -0.05) is 55.6 Å². The average Bonchev–Trinajstić information content (AvgIpc) is 3.77. The summed E-state index contributed by atoms with van der Waals surface area (Å²) in [4.78, 5) is 0. The second-order valence-electron chi connectivity index (χ2n) is 9.73. The minimum atomic E-state index is -2.55. The van der Waals surface area contributed by atoms with Gasteiger partial charge in [-0.25, -0.2) is 56.1 Å². The van der Waals surface area contributed by atoms with Crippen molar-refractivity contribution in [2.45, 2.75) is 20.3 Å². The van der Waals surface area contributed by atoms with Crippen LogP contribution in [0.15, 0.2) is 66.8 Å². The third kappa shape index (κ3) is 9.24. The molecule has 5 aromatic rings. The first-order valence-electron chi connectivity index (χ1n) is 13.9. The fourth-order valence-electron chi connectivity index (χ4n) is 4.86. The Morgan fingerprint density at radius 2 is 0.939 bits per heavy atom. The molecule has 0 bridgehead atoms. The van der Waals surface area contributed by atoms with Crippen molar-refractivity contribution >= 4 is 77.8 Å². The van der Waals surface area contributed by atoms with Crippen LogP contribution in [0.4, 0.5) is 43.9 Å². The molecule has 0 amide bonds. The van der Waals surface area contributed by atoms with E-state index in [1.165, 1.54) is 33.9 Å². The molecule has 0 N–H and O–H groups in total. The van der Waals surface area contributed by atoms with Crippen molar-refractivity contribution in [3.05, 3.63) is 131 Å². The summed E-state index contributed by atoms with van der Waals surface area (Å²) in [5, 5.41) is 7.44. The van der Waals surface area contributed by atoms with Crippen molar-refractivity contribution in [2.24, 2.45) is 0 Å². The molecule has 0 aliphatic heterocycles. The molecule has 0 nitrogen and oxygen atoms in total. The quantitative estimate of drug-likeness (QED) is 0.0414. The van der Waals surface area contributed by atoms with Crippen LogP contribution in [0.1, 0.15) is 20.3 Å². The van der Waals surface area contributed by atoms with Crippen molar-refractivity contribution < 1.29 is 70.1 Å². The topological polar surface area (TPSA) is 0 Å². The van der Waals surface area contributed by atoms with Crippen LogP contribution in [0, 0.1) is 64.2 Å². The molecule has 0 saturated carbocycles. The van der Waals surface area contributed by atoms with Gasteiger partial charge in [0, 0.05) is 0 Å². The van der Waals surface area contributed by atoms with Crippen molar-refractivity contribution in [3.63, 3.8) is 0 Å². The summed E-state index contributed by atoms with van der Waals surface area (Å²) in [6, 6.07) is 17.8. The fraction of sp³-hybridized carbons (Fsp3) is 0.147. The normalized spacial score (nSPS) is 11.3.